The van der Waals surface area contributed by atoms with Crippen molar-refractivity contribution < 1.29 is 14.3 Å². The molecule has 1 heterocycles. The molecule has 2 saturated carbocycles. The normalized spacial score (nSPS) is 43.7. The lowest BCUT2D eigenvalue weighted by atomic mass is 9.81. The Balaban J connectivity index is 1.65. The summed E-state index contributed by atoms with van der Waals surface area (Å²) in [5.74, 6) is 1.59. The maximum Gasteiger partial charge on any atom is 0.317 e. The van der Waals surface area contributed by atoms with Gasteiger partial charge in [0.2, 0.25) is 0 Å². The third-order valence-electron chi connectivity index (χ3n) is 4.45. The maximum absolute atomic E-state index is 11.4. The molecule has 4 unspecified atom stereocenters. The number of ketones is 1. The molecular formula is C12H16O3. The number of carbonyl (C=O) groups excluding carboxylic acids is 2. The zero-order valence-electron chi connectivity index (χ0n) is 8.78. The van der Waals surface area contributed by atoms with E-state index in [2.05, 4.69) is 0 Å². The summed E-state index contributed by atoms with van der Waals surface area (Å²) < 4.78 is 4.78. The molecule has 15 heavy (non-hydrogen) atoms. The lowest BCUT2D eigenvalue weighted by Crippen LogP contribution is -2.22. The third-order valence-corrected chi connectivity index (χ3v) is 4.45. The number of rotatable bonds is 2. The van der Waals surface area contributed by atoms with E-state index in [1.807, 2.05) is 0 Å². The summed E-state index contributed by atoms with van der Waals surface area (Å²) in [5, 5.41) is 0. The fourth-order valence-corrected chi connectivity index (χ4v) is 3.67. The highest BCUT2D eigenvalue weighted by molar-refractivity contribution is 6.04. The molecule has 3 fully saturated rings. The Labute approximate surface area is 89.2 Å². The highest BCUT2D eigenvalue weighted by Crippen LogP contribution is 2.50. The van der Waals surface area contributed by atoms with Crippen molar-refractivity contribution in [2.24, 2.45) is 23.7 Å². The standard InChI is InChI=1S/C12H16O3/c13-11-6-15-12(14)10(11)5-9-4-7-1-2-8(9)3-7/h7-10H,1-6H2. The lowest BCUT2D eigenvalue weighted by molar-refractivity contribution is -0.141. The van der Waals surface area contributed by atoms with E-state index in [4.69, 9.17) is 4.74 Å². The SMILES string of the molecule is O=C1COC(=O)C1CC1CC2CCC1C2. The van der Waals surface area contributed by atoms with E-state index in [1.54, 1.807) is 0 Å². The van der Waals surface area contributed by atoms with Crippen LogP contribution < -0.4 is 0 Å². The molecule has 0 aromatic heterocycles. The summed E-state index contributed by atoms with van der Waals surface area (Å²) in [5.41, 5.74) is 0. The van der Waals surface area contributed by atoms with E-state index >= 15 is 0 Å². The summed E-state index contributed by atoms with van der Waals surface area (Å²) in [6.45, 7) is 0.0182. The predicted molar refractivity (Wildman–Crippen MR) is 53.0 cm³/mol. The summed E-state index contributed by atoms with van der Waals surface area (Å²) in [4.78, 5) is 22.8. The number of esters is 1. The molecule has 0 spiro atoms. The second-order valence-electron chi connectivity index (χ2n) is 5.30. The van der Waals surface area contributed by atoms with Crippen LogP contribution in [0.2, 0.25) is 0 Å². The van der Waals surface area contributed by atoms with E-state index in [0.717, 1.165) is 18.3 Å². The van der Waals surface area contributed by atoms with Crippen molar-refractivity contribution in [1.29, 1.82) is 0 Å². The van der Waals surface area contributed by atoms with Crippen LogP contribution in [0, 0.1) is 23.7 Å². The van der Waals surface area contributed by atoms with Crippen LogP contribution in [0.3, 0.4) is 0 Å². The Morgan fingerprint density at radius 2 is 2.07 bits per heavy atom. The minimum Gasteiger partial charge on any atom is -0.457 e. The molecule has 4 atom stereocenters. The van der Waals surface area contributed by atoms with Crippen molar-refractivity contribution in [1.82, 2.24) is 0 Å². The van der Waals surface area contributed by atoms with E-state index in [-0.39, 0.29) is 18.4 Å². The predicted octanol–water partition coefficient (Wildman–Crippen LogP) is 1.55. The number of cyclic esters (lactones) is 1. The van der Waals surface area contributed by atoms with E-state index in [9.17, 15) is 9.59 Å². The van der Waals surface area contributed by atoms with E-state index < -0.39 is 5.92 Å². The molecular weight excluding hydrogens is 192 g/mol. The zero-order valence-corrected chi connectivity index (χ0v) is 8.78. The number of carbonyl (C=O) groups is 2. The quantitative estimate of drug-likeness (QED) is 0.511. The van der Waals surface area contributed by atoms with Crippen LogP contribution >= 0.6 is 0 Å². The second-order valence-corrected chi connectivity index (χ2v) is 5.30. The summed E-state index contributed by atoms with van der Waals surface area (Å²) in [6.07, 6.45) is 6.01. The van der Waals surface area contributed by atoms with Gasteiger partial charge in [-0.25, -0.2) is 0 Å². The number of Topliss-reactive ketones (excluding diaryl/α,β-unsaturated/α-hetero) is 1. The van der Waals surface area contributed by atoms with Gasteiger partial charge in [0.25, 0.3) is 0 Å². The van der Waals surface area contributed by atoms with Gasteiger partial charge in [-0.2, -0.15) is 0 Å². The number of fused-ring (bicyclic) bond motifs is 2. The highest BCUT2D eigenvalue weighted by Gasteiger charge is 2.44. The summed E-state index contributed by atoms with van der Waals surface area (Å²) in [7, 11) is 0. The summed E-state index contributed by atoms with van der Waals surface area (Å²) >= 11 is 0. The van der Waals surface area contributed by atoms with Crippen LogP contribution in [0.4, 0.5) is 0 Å². The van der Waals surface area contributed by atoms with Crippen LogP contribution in [-0.4, -0.2) is 18.4 Å². The molecule has 3 aliphatic rings. The molecule has 3 nitrogen and oxygen atoms in total. The van der Waals surface area contributed by atoms with Crippen molar-refractivity contribution >= 4 is 11.8 Å². The molecule has 2 aliphatic carbocycles. The zero-order chi connectivity index (χ0) is 10.4. The molecule has 0 aromatic rings. The molecule has 0 radical (unpaired) electrons. The Morgan fingerprint density at radius 3 is 2.60 bits per heavy atom. The molecule has 0 aromatic carbocycles. The first kappa shape index (κ1) is 9.37. The van der Waals surface area contributed by atoms with Crippen molar-refractivity contribution in [3.05, 3.63) is 0 Å². The molecule has 0 N–H and O–H groups in total. The van der Waals surface area contributed by atoms with Gasteiger partial charge in [0.1, 0.15) is 5.92 Å². The first-order valence-corrected chi connectivity index (χ1v) is 5.93. The number of ether oxygens (including phenoxy) is 1. The Kier molecular flexibility index (Phi) is 2.08. The molecule has 1 aliphatic heterocycles. The topological polar surface area (TPSA) is 43.4 Å². The Morgan fingerprint density at radius 1 is 1.20 bits per heavy atom. The Hall–Kier alpha value is -0.860. The van der Waals surface area contributed by atoms with Crippen LogP contribution in [-0.2, 0) is 14.3 Å². The fourth-order valence-electron chi connectivity index (χ4n) is 3.67. The second kappa shape index (κ2) is 3.32. The van der Waals surface area contributed by atoms with Gasteiger partial charge < -0.3 is 4.74 Å². The highest BCUT2D eigenvalue weighted by atomic mass is 16.5. The van der Waals surface area contributed by atoms with Gasteiger partial charge in [-0.05, 0) is 43.4 Å². The average Bonchev–Trinajstić information content (AvgIpc) is 2.89. The van der Waals surface area contributed by atoms with Gasteiger partial charge in [0.05, 0.1) is 0 Å². The largest absolute Gasteiger partial charge is 0.457 e. The number of hydrogen-bond donors (Lipinski definition) is 0. The van der Waals surface area contributed by atoms with Gasteiger partial charge in [-0.15, -0.1) is 0 Å². The monoisotopic (exact) mass is 208 g/mol. The van der Waals surface area contributed by atoms with Crippen molar-refractivity contribution in [3.8, 4) is 0 Å². The van der Waals surface area contributed by atoms with Gasteiger partial charge in [-0.1, -0.05) is 6.42 Å². The van der Waals surface area contributed by atoms with E-state index in [0.29, 0.717) is 5.92 Å². The fraction of sp³-hybridized carbons (Fsp3) is 0.833. The molecule has 3 heteroatoms. The third kappa shape index (κ3) is 1.48. The minimum absolute atomic E-state index is 0.00257. The molecule has 1 saturated heterocycles. The molecule has 2 bridgehead atoms. The van der Waals surface area contributed by atoms with Crippen LogP contribution in [0.25, 0.3) is 0 Å². The molecule has 0 amide bonds. The molecule has 82 valence electrons. The van der Waals surface area contributed by atoms with Crippen molar-refractivity contribution in [3.63, 3.8) is 0 Å². The first-order valence-electron chi connectivity index (χ1n) is 5.93. The lowest BCUT2D eigenvalue weighted by Gasteiger charge is -2.22. The van der Waals surface area contributed by atoms with E-state index in [1.165, 1.54) is 25.7 Å². The van der Waals surface area contributed by atoms with Gasteiger partial charge in [0.15, 0.2) is 12.4 Å². The minimum atomic E-state index is -0.422. The van der Waals surface area contributed by atoms with Crippen LogP contribution in [0.15, 0.2) is 0 Å². The van der Waals surface area contributed by atoms with Gasteiger partial charge >= 0.3 is 5.97 Å². The molecule has 3 rings (SSSR count). The van der Waals surface area contributed by atoms with Crippen LogP contribution in [0.1, 0.15) is 32.1 Å². The smallest absolute Gasteiger partial charge is 0.317 e. The Bertz CT molecular complexity index is 294. The number of hydrogen-bond acceptors (Lipinski definition) is 3. The van der Waals surface area contributed by atoms with Gasteiger partial charge in [0, 0.05) is 0 Å². The summed E-state index contributed by atoms with van der Waals surface area (Å²) in [6, 6.07) is 0. The maximum atomic E-state index is 11.4. The van der Waals surface area contributed by atoms with Crippen molar-refractivity contribution in [2.45, 2.75) is 32.1 Å². The van der Waals surface area contributed by atoms with Crippen LogP contribution in [0.5, 0.6) is 0 Å². The van der Waals surface area contributed by atoms with Crippen molar-refractivity contribution in [2.75, 3.05) is 6.61 Å². The van der Waals surface area contributed by atoms with Gasteiger partial charge in [-0.3, -0.25) is 9.59 Å². The average molecular weight is 208 g/mol. The first-order chi connectivity index (χ1) is 7.24.